The molecule has 0 bridgehead atoms. The summed E-state index contributed by atoms with van der Waals surface area (Å²) in [4.78, 5) is 4.46. The monoisotopic (exact) mass is 220 g/mol. The van der Waals surface area contributed by atoms with Crippen LogP contribution in [0.3, 0.4) is 0 Å². The van der Waals surface area contributed by atoms with Gasteiger partial charge in [0.15, 0.2) is 5.17 Å². The van der Waals surface area contributed by atoms with Crippen molar-refractivity contribution in [2.24, 2.45) is 4.99 Å². The van der Waals surface area contributed by atoms with Gasteiger partial charge in [0.25, 0.3) is 0 Å². The molecule has 80 valence electrons. The summed E-state index contributed by atoms with van der Waals surface area (Å²) in [7, 11) is 0. The van der Waals surface area contributed by atoms with Gasteiger partial charge in [0.05, 0.1) is 6.54 Å². The van der Waals surface area contributed by atoms with E-state index in [1.807, 2.05) is 11.8 Å². The molecule has 0 saturated carbocycles. The summed E-state index contributed by atoms with van der Waals surface area (Å²) in [6, 6.07) is 8.41. The van der Waals surface area contributed by atoms with E-state index in [1.54, 1.807) is 0 Å². The fourth-order valence-corrected chi connectivity index (χ4v) is 2.46. The lowest BCUT2D eigenvalue weighted by molar-refractivity contribution is 0.976. The predicted molar refractivity (Wildman–Crippen MR) is 68.8 cm³/mol. The maximum absolute atomic E-state index is 4.46. The molecule has 1 aromatic carbocycles. The van der Waals surface area contributed by atoms with Crippen molar-refractivity contribution < 1.29 is 0 Å². The van der Waals surface area contributed by atoms with E-state index < -0.39 is 0 Å². The summed E-state index contributed by atoms with van der Waals surface area (Å²) in [5.74, 6) is 0. The Morgan fingerprint density at radius 3 is 2.93 bits per heavy atom. The van der Waals surface area contributed by atoms with Crippen LogP contribution in [0, 0.1) is 0 Å². The van der Waals surface area contributed by atoms with Crippen molar-refractivity contribution in [2.75, 3.05) is 11.9 Å². The van der Waals surface area contributed by atoms with Crippen LogP contribution in [0.2, 0.25) is 0 Å². The normalized spacial score (nSPS) is 20.1. The molecule has 1 unspecified atom stereocenters. The summed E-state index contributed by atoms with van der Waals surface area (Å²) in [5.41, 5.74) is 2.54. The number of anilines is 1. The second-order valence-electron chi connectivity index (χ2n) is 3.71. The molecule has 0 aliphatic carbocycles. The van der Waals surface area contributed by atoms with Crippen molar-refractivity contribution in [2.45, 2.75) is 25.5 Å². The quantitative estimate of drug-likeness (QED) is 0.828. The van der Waals surface area contributed by atoms with Gasteiger partial charge < -0.3 is 5.32 Å². The molecular formula is C12H16N2S. The third-order valence-electron chi connectivity index (χ3n) is 2.44. The van der Waals surface area contributed by atoms with E-state index in [1.165, 1.54) is 11.3 Å². The first-order chi connectivity index (χ1) is 7.29. The number of amidine groups is 1. The second kappa shape index (κ2) is 4.71. The van der Waals surface area contributed by atoms with Crippen LogP contribution in [-0.2, 0) is 6.42 Å². The molecule has 0 spiro atoms. The van der Waals surface area contributed by atoms with Crippen LogP contribution in [0.4, 0.5) is 5.69 Å². The van der Waals surface area contributed by atoms with Gasteiger partial charge in [-0.1, -0.05) is 43.8 Å². The van der Waals surface area contributed by atoms with Gasteiger partial charge in [0, 0.05) is 10.9 Å². The zero-order valence-corrected chi connectivity index (χ0v) is 9.97. The summed E-state index contributed by atoms with van der Waals surface area (Å²) in [5, 5.41) is 5.07. The zero-order chi connectivity index (χ0) is 10.7. The number of nitrogens with one attached hydrogen (secondary N) is 1. The molecule has 1 aliphatic heterocycles. The van der Waals surface area contributed by atoms with Gasteiger partial charge in [-0.2, -0.15) is 0 Å². The van der Waals surface area contributed by atoms with Crippen molar-refractivity contribution in [1.29, 1.82) is 0 Å². The molecule has 0 amide bonds. The number of aliphatic imine (C=N–C) groups is 1. The summed E-state index contributed by atoms with van der Waals surface area (Å²) in [6.45, 7) is 5.31. The Hall–Kier alpha value is -0.960. The van der Waals surface area contributed by atoms with Crippen molar-refractivity contribution in [3.05, 3.63) is 29.8 Å². The minimum Gasteiger partial charge on any atom is -0.335 e. The van der Waals surface area contributed by atoms with Gasteiger partial charge in [-0.05, 0) is 18.1 Å². The lowest BCUT2D eigenvalue weighted by atomic mass is 10.1. The Kier molecular flexibility index (Phi) is 3.31. The van der Waals surface area contributed by atoms with Crippen LogP contribution in [0.15, 0.2) is 29.3 Å². The third-order valence-corrected chi connectivity index (χ3v) is 3.45. The highest BCUT2D eigenvalue weighted by Gasteiger charge is 2.15. The molecule has 15 heavy (non-hydrogen) atoms. The van der Waals surface area contributed by atoms with Crippen molar-refractivity contribution in [3.8, 4) is 0 Å². The Balaban J connectivity index is 2.10. The molecule has 1 aliphatic rings. The topological polar surface area (TPSA) is 24.4 Å². The van der Waals surface area contributed by atoms with Gasteiger partial charge in [-0.15, -0.1) is 0 Å². The molecule has 3 heteroatoms. The zero-order valence-electron chi connectivity index (χ0n) is 9.16. The van der Waals surface area contributed by atoms with Crippen molar-refractivity contribution in [3.63, 3.8) is 0 Å². The SMILES string of the molecule is CCc1ccccc1NC1=NCC(C)S1. The summed E-state index contributed by atoms with van der Waals surface area (Å²) >= 11 is 1.82. The van der Waals surface area contributed by atoms with Gasteiger partial charge in [0.2, 0.25) is 0 Å². The summed E-state index contributed by atoms with van der Waals surface area (Å²) in [6.07, 6.45) is 1.05. The van der Waals surface area contributed by atoms with Gasteiger partial charge in [0.1, 0.15) is 0 Å². The number of thioether (sulfide) groups is 1. The summed E-state index contributed by atoms with van der Waals surface area (Å²) < 4.78 is 0. The number of para-hydroxylation sites is 1. The average Bonchev–Trinajstić information content (AvgIpc) is 2.65. The average molecular weight is 220 g/mol. The Labute approximate surface area is 95.2 Å². The molecule has 2 rings (SSSR count). The first-order valence-corrected chi connectivity index (χ1v) is 6.23. The molecule has 0 fully saturated rings. The van der Waals surface area contributed by atoms with E-state index in [0.717, 1.165) is 18.1 Å². The fourth-order valence-electron chi connectivity index (χ4n) is 1.61. The first kappa shape index (κ1) is 10.6. The largest absolute Gasteiger partial charge is 0.335 e. The lowest BCUT2D eigenvalue weighted by Gasteiger charge is -2.10. The van der Waals surface area contributed by atoms with Crippen LogP contribution >= 0.6 is 11.8 Å². The molecule has 1 N–H and O–H groups in total. The minimum absolute atomic E-state index is 0.612. The van der Waals surface area contributed by atoms with Crippen LogP contribution in [0.1, 0.15) is 19.4 Å². The van der Waals surface area contributed by atoms with Crippen molar-refractivity contribution >= 4 is 22.6 Å². The number of nitrogens with zero attached hydrogens (tertiary/aromatic N) is 1. The Bertz CT molecular complexity index is 374. The standard InChI is InChI=1S/C12H16N2S/c1-3-10-6-4-5-7-11(10)14-12-13-8-9(2)15-12/h4-7,9H,3,8H2,1-2H3,(H,13,14). The molecule has 0 radical (unpaired) electrons. The Morgan fingerprint density at radius 2 is 2.27 bits per heavy atom. The molecular weight excluding hydrogens is 204 g/mol. The molecule has 1 aromatic rings. The number of hydrogen-bond acceptors (Lipinski definition) is 3. The highest BCUT2D eigenvalue weighted by molar-refractivity contribution is 8.15. The number of aryl methyl sites for hydroxylation is 1. The number of hydrogen-bond donors (Lipinski definition) is 1. The predicted octanol–water partition coefficient (Wildman–Crippen LogP) is 3.15. The molecule has 2 nitrogen and oxygen atoms in total. The maximum Gasteiger partial charge on any atom is 0.161 e. The molecule has 0 aromatic heterocycles. The second-order valence-corrected chi connectivity index (χ2v) is 5.14. The van der Waals surface area contributed by atoms with E-state index >= 15 is 0 Å². The van der Waals surface area contributed by atoms with Gasteiger partial charge >= 0.3 is 0 Å². The third kappa shape index (κ3) is 2.53. The van der Waals surface area contributed by atoms with Gasteiger partial charge in [-0.3, -0.25) is 4.99 Å². The smallest absolute Gasteiger partial charge is 0.161 e. The number of rotatable bonds is 2. The highest BCUT2D eigenvalue weighted by Crippen LogP contribution is 2.23. The molecule has 1 heterocycles. The van der Waals surface area contributed by atoms with Crippen molar-refractivity contribution in [1.82, 2.24) is 0 Å². The van der Waals surface area contributed by atoms with E-state index in [-0.39, 0.29) is 0 Å². The van der Waals surface area contributed by atoms with Crippen LogP contribution in [0.25, 0.3) is 0 Å². The van der Waals surface area contributed by atoms with Crippen LogP contribution in [0.5, 0.6) is 0 Å². The first-order valence-electron chi connectivity index (χ1n) is 5.35. The Morgan fingerprint density at radius 1 is 1.47 bits per heavy atom. The van der Waals surface area contributed by atoms with Gasteiger partial charge in [-0.25, -0.2) is 0 Å². The highest BCUT2D eigenvalue weighted by atomic mass is 32.2. The maximum atomic E-state index is 4.46. The molecule has 0 saturated heterocycles. The fraction of sp³-hybridized carbons (Fsp3) is 0.417. The lowest BCUT2D eigenvalue weighted by Crippen LogP contribution is -2.07. The number of benzene rings is 1. The minimum atomic E-state index is 0.612. The molecule has 1 atom stereocenters. The van der Waals surface area contributed by atoms with Crippen LogP contribution in [-0.4, -0.2) is 17.0 Å². The van der Waals surface area contributed by atoms with E-state index in [0.29, 0.717) is 5.25 Å². The van der Waals surface area contributed by atoms with E-state index in [4.69, 9.17) is 0 Å². The van der Waals surface area contributed by atoms with E-state index in [2.05, 4.69) is 48.4 Å². The van der Waals surface area contributed by atoms with Crippen LogP contribution < -0.4 is 5.32 Å². The van der Waals surface area contributed by atoms with E-state index in [9.17, 15) is 0 Å².